The molecule has 1 aromatic carbocycles. The maximum atomic E-state index is 12.0. The molecule has 0 saturated carbocycles. The summed E-state index contributed by atoms with van der Waals surface area (Å²) in [6.45, 7) is 1.86. The predicted octanol–water partition coefficient (Wildman–Crippen LogP) is 3.10. The highest BCUT2D eigenvalue weighted by atomic mass is 35.5. The molecule has 5 heteroatoms. The number of anilines is 1. The summed E-state index contributed by atoms with van der Waals surface area (Å²) in [5, 5.41) is 6.61. The molecule has 92 valence electrons. The number of hydrogen-bond donors (Lipinski definition) is 2. The van der Waals surface area contributed by atoms with Crippen molar-refractivity contribution in [1.82, 2.24) is 5.32 Å². The van der Waals surface area contributed by atoms with Crippen LogP contribution in [0.4, 0.5) is 5.69 Å². The summed E-state index contributed by atoms with van der Waals surface area (Å²) in [7, 11) is 0. The number of carbonyl (C=O) groups is 1. The summed E-state index contributed by atoms with van der Waals surface area (Å²) in [6, 6.07) is 8.82. The van der Waals surface area contributed by atoms with Crippen LogP contribution in [0, 0.1) is 6.92 Å². The first-order valence-electron chi connectivity index (χ1n) is 5.57. The molecule has 1 amide bonds. The van der Waals surface area contributed by atoms with Crippen molar-refractivity contribution in [2.45, 2.75) is 13.1 Å². The average molecular weight is 263 g/mol. The lowest BCUT2D eigenvalue weighted by atomic mass is 10.1. The topological polar surface area (TPSA) is 54.3 Å². The van der Waals surface area contributed by atoms with Gasteiger partial charge >= 0.3 is 0 Å². The lowest BCUT2D eigenvalue weighted by Gasteiger charge is -2.26. The molecule has 2 aromatic rings. The molecule has 0 spiro atoms. The Morgan fingerprint density at radius 2 is 2.06 bits per heavy atom. The van der Waals surface area contributed by atoms with E-state index < -0.39 is 0 Å². The van der Waals surface area contributed by atoms with Crippen LogP contribution in [-0.4, -0.2) is 5.91 Å². The zero-order valence-electron chi connectivity index (χ0n) is 9.66. The molecule has 0 bridgehead atoms. The third kappa shape index (κ3) is 1.84. The van der Waals surface area contributed by atoms with Gasteiger partial charge in [0.1, 0.15) is 11.5 Å². The number of nitrogens with one attached hydrogen (secondary N) is 2. The van der Waals surface area contributed by atoms with Crippen LogP contribution >= 0.6 is 11.6 Å². The van der Waals surface area contributed by atoms with Gasteiger partial charge in [-0.3, -0.25) is 4.79 Å². The number of halogens is 1. The fourth-order valence-corrected chi connectivity index (χ4v) is 2.16. The third-order valence-electron chi connectivity index (χ3n) is 2.85. The van der Waals surface area contributed by atoms with Crippen LogP contribution in [0.5, 0.6) is 0 Å². The molecule has 1 aliphatic heterocycles. The molecule has 1 atom stereocenters. The minimum atomic E-state index is -0.364. The van der Waals surface area contributed by atoms with Crippen LogP contribution in [0.3, 0.4) is 0 Å². The van der Waals surface area contributed by atoms with Crippen molar-refractivity contribution < 1.29 is 9.21 Å². The van der Waals surface area contributed by atoms with Crippen molar-refractivity contribution in [2.24, 2.45) is 0 Å². The molecule has 1 aromatic heterocycles. The monoisotopic (exact) mass is 262 g/mol. The molecule has 0 fully saturated rings. The Bertz CT molecular complexity index is 621. The highest BCUT2D eigenvalue weighted by Gasteiger charge is 2.26. The van der Waals surface area contributed by atoms with E-state index >= 15 is 0 Å². The summed E-state index contributed by atoms with van der Waals surface area (Å²) >= 11 is 5.93. The molecule has 1 unspecified atom stereocenters. The van der Waals surface area contributed by atoms with E-state index in [2.05, 4.69) is 10.6 Å². The van der Waals surface area contributed by atoms with Crippen molar-refractivity contribution in [2.75, 3.05) is 5.32 Å². The Kier molecular flexibility index (Phi) is 2.52. The molecule has 0 radical (unpaired) electrons. The Morgan fingerprint density at radius 1 is 1.22 bits per heavy atom. The highest BCUT2D eigenvalue weighted by molar-refractivity contribution is 6.31. The summed E-state index contributed by atoms with van der Waals surface area (Å²) in [4.78, 5) is 12.0. The summed E-state index contributed by atoms with van der Waals surface area (Å²) < 4.78 is 5.51. The van der Waals surface area contributed by atoms with E-state index in [1.807, 2.05) is 19.1 Å². The number of benzene rings is 1. The third-order valence-corrected chi connectivity index (χ3v) is 3.08. The Hall–Kier alpha value is -1.94. The van der Waals surface area contributed by atoms with Crippen molar-refractivity contribution in [3.05, 3.63) is 52.4 Å². The van der Waals surface area contributed by atoms with Gasteiger partial charge < -0.3 is 15.1 Å². The van der Waals surface area contributed by atoms with E-state index in [1.54, 1.807) is 18.2 Å². The number of carbonyl (C=O) groups excluding carboxylic acids is 1. The van der Waals surface area contributed by atoms with Gasteiger partial charge in [0.2, 0.25) is 0 Å². The first-order valence-corrected chi connectivity index (χ1v) is 5.94. The number of furan rings is 1. The minimum Gasteiger partial charge on any atom is -0.462 e. The quantitative estimate of drug-likeness (QED) is 0.830. The Morgan fingerprint density at radius 3 is 2.78 bits per heavy atom. The predicted molar refractivity (Wildman–Crippen MR) is 68.7 cm³/mol. The van der Waals surface area contributed by atoms with Crippen LogP contribution in [0.1, 0.15) is 28.0 Å². The molecule has 3 rings (SSSR count). The summed E-state index contributed by atoms with van der Waals surface area (Å²) in [5.74, 6) is 1.34. The van der Waals surface area contributed by atoms with Crippen LogP contribution in [-0.2, 0) is 0 Å². The SMILES string of the molecule is Cc1ccc(C2NC(=O)c3ccc(Cl)cc3N2)o1. The molecule has 0 aliphatic carbocycles. The average Bonchev–Trinajstić information content (AvgIpc) is 2.75. The molecular weight excluding hydrogens is 252 g/mol. The fourth-order valence-electron chi connectivity index (χ4n) is 1.99. The van der Waals surface area contributed by atoms with Gasteiger partial charge in [0.15, 0.2) is 6.17 Å². The van der Waals surface area contributed by atoms with Gasteiger partial charge in [0.05, 0.1) is 11.3 Å². The lowest BCUT2D eigenvalue weighted by Crippen LogP contribution is -2.38. The molecule has 2 heterocycles. The Balaban J connectivity index is 1.98. The van der Waals surface area contributed by atoms with Gasteiger partial charge in [0, 0.05) is 5.02 Å². The van der Waals surface area contributed by atoms with E-state index in [4.69, 9.17) is 16.0 Å². The van der Waals surface area contributed by atoms with Crippen LogP contribution < -0.4 is 10.6 Å². The number of fused-ring (bicyclic) bond motifs is 1. The highest BCUT2D eigenvalue weighted by Crippen LogP contribution is 2.29. The first kappa shape index (κ1) is 11.2. The van der Waals surface area contributed by atoms with E-state index in [0.29, 0.717) is 22.0 Å². The van der Waals surface area contributed by atoms with E-state index in [1.165, 1.54) is 0 Å². The number of amides is 1. The van der Waals surface area contributed by atoms with Crippen molar-refractivity contribution in [3.8, 4) is 0 Å². The normalized spacial score (nSPS) is 17.9. The van der Waals surface area contributed by atoms with Gasteiger partial charge in [-0.05, 0) is 37.3 Å². The smallest absolute Gasteiger partial charge is 0.255 e. The Labute approximate surface area is 109 Å². The fraction of sp³-hybridized carbons (Fsp3) is 0.154. The maximum Gasteiger partial charge on any atom is 0.255 e. The van der Waals surface area contributed by atoms with Gasteiger partial charge in [-0.25, -0.2) is 0 Å². The number of hydrogen-bond acceptors (Lipinski definition) is 3. The first-order chi connectivity index (χ1) is 8.63. The second kappa shape index (κ2) is 4.07. The molecular formula is C13H11ClN2O2. The largest absolute Gasteiger partial charge is 0.462 e. The minimum absolute atomic E-state index is 0.139. The van der Waals surface area contributed by atoms with Crippen LogP contribution in [0.2, 0.25) is 5.02 Å². The van der Waals surface area contributed by atoms with Gasteiger partial charge in [-0.15, -0.1) is 0 Å². The van der Waals surface area contributed by atoms with E-state index in [9.17, 15) is 4.79 Å². The lowest BCUT2D eigenvalue weighted by molar-refractivity contribution is 0.0930. The zero-order chi connectivity index (χ0) is 12.7. The second-order valence-corrected chi connectivity index (χ2v) is 4.63. The number of aryl methyl sites for hydroxylation is 1. The molecule has 4 nitrogen and oxygen atoms in total. The van der Waals surface area contributed by atoms with Gasteiger partial charge in [0.25, 0.3) is 5.91 Å². The summed E-state index contributed by atoms with van der Waals surface area (Å²) in [6.07, 6.45) is -0.364. The second-order valence-electron chi connectivity index (χ2n) is 4.19. The number of rotatable bonds is 1. The molecule has 0 saturated heterocycles. The van der Waals surface area contributed by atoms with Gasteiger partial charge in [-0.2, -0.15) is 0 Å². The van der Waals surface area contributed by atoms with E-state index in [-0.39, 0.29) is 12.1 Å². The van der Waals surface area contributed by atoms with E-state index in [0.717, 1.165) is 5.76 Å². The van der Waals surface area contributed by atoms with Crippen molar-refractivity contribution >= 4 is 23.2 Å². The molecule has 18 heavy (non-hydrogen) atoms. The van der Waals surface area contributed by atoms with Gasteiger partial charge in [-0.1, -0.05) is 11.6 Å². The zero-order valence-corrected chi connectivity index (χ0v) is 10.4. The standard InChI is InChI=1S/C13H11ClN2O2/c1-7-2-5-11(18-7)12-15-10-6-8(14)3-4-9(10)13(17)16-12/h2-6,12,15H,1H3,(H,16,17). The summed E-state index contributed by atoms with van der Waals surface area (Å²) in [5.41, 5.74) is 1.30. The van der Waals surface area contributed by atoms with Crippen molar-refractivity contribution in [3.63, 3.8) is 0 Å². The van der Waals surface area contributed by atoms with Crippen LogP contribution in [0.25, 0.3) is 0 Å². The molecule has 1 aliphatic rings. The van der Waals surface area contributed by atoms with Crippen molar-refractivity contribution in [1.29, 1.82) is 0 Å². The maximum absolute atomic E-state index is 12.0. The molecule has 2 N–H and O–H groups in total. The van der Waals surface area contributed by atoms with Crippen LogP contribution in [0.15, 0.2) is 34.7 Å².